The van der Waals surface area contributed by atoms with Crippen molar-refractivity contribution in [2.45, 2.75) is 26.2 Å². The number of halogens is 4. The number of benzene rings is 1. The summed E-state index contributed by atoms with van der Waals surface area (Å²) in [5, 5.41) is -0.305. The second kappa shape index (κ2) is 5.80. The lowest BCUT2D eigenvalue weighted by molar-refractivity contribution is -0.137. The van der Waals surface area contributed by atoms with Crippen molar-refractivity contribution in [2.75, 3.05) is 0 Å². The molecule has 1 rings (SSSR count). The molecule has 1 aromatic rings. The maximum Gasteiger partial charge on any atom is 0.417 e. The van der Waals surface area contributed by atoms with Crippen molar-refractivity contribution < 1.29 is 17.6 Å². The largest absolute Gasteiger partial charge is 0.542 e. The zero-order valence-electron chi connectivity index (χ0n) is 10.2. The van der Waals surface area contributed by atoms with Crippen molar-refractivity contribution in [3.8, 4) is 0 Å². The quantitative estimate of drug-likeness (QED) is 0.564. The minimum Gasteiger partial charge on any atom is -0.542 e. The van der Waals surface area contributed by atoms with Gasteiger partial charge in [-0.2, -0.15) is 13.2 Å². The first-order valence-corrected chi connectivity index (χ1v) is 8.05. The van der Waals surface area contributed by atoms with Gasteiger partial charge in [-0.3, -0.25) is 0 Å². The van der Waals surface area contributed by atoms with Crippen LogP contribution in [0.15, 0.2) is 24.3 Å². The van der Waals surface area contributed by atoms with Crippen molar-refractivity contribution in [1.29, 1.82) is 0 Å². The molecule has 0 aliphatic rings. The zero-order valence-corrected chi connectivity index (χ0v) is 12.0. The highest BCUT2D eigenvalue weighted by Crippen LogP contribution is 2.36. The summed E-state index contributed by atoms with van der Waals surface area (Å²) < 4.78 is 43.7. The van der Waals surface area contributed by atoms with E-state index in [9.17, 15) is 13.2 Å². The summed E-state index contributed by atoms with van der Waals surface area (Å²) in [6.07, 6.45) is -2.81. The first-order chi connectivity index (χ1) is 8.25. The Morgan fingerprint density at radius 3 is 2.39 bits per heavy atom. The molecule has 0 N–H and O–H groups in total. The summed E-state index contributed by atoms with van der Waals surface area (Å²) in [7, 11) is -1.03. The monoisotopic (exact) mass is 293 g/mol. The topological polar surface area (TPSA) is 9.23 Å². The van der Waals surface area contributed by atoms with E-state index in [0.29, 0.717) is 11.3 Å². The zero-order chi connectivity index (χ0) is 13.9. The molecule has 0 aliphatic heterocycles. The molecule has 18 heavy (non-hydrogen) atoms. The predicted molar refractivity (Wildman–Crippen MR) is 68.7 cm³/mol. The van der Waals surface area contributed by atoms with E-state index in [1.54, 1.807) is 13.0 Å². The molecule has 0 heterocycles. The van der Waals surface area contributed by atoms with Gasteiger partial charge in [0.25, 0.3) is 9.04 Å². The summed E-state index contributed by atoms with van der Waals surface area (Å²) in [5.74, 6) is 0.455. The third-order valence-electron chi connectivity index (χ3n) is 2.13. The summed E-state index contributed by atoms with van der Waals surface area (Å²) in [6, 6.07) is 3.78. The van der Waals surface area contributed by atoms with E-state index in [2.05, 4.69) is 0 Å². The van der Waals surface area contributed by atoms with Crippen LogP contribution >= 0.6 is 11.6 Å². The molecular weight excluding hydrogens is 281 g/mol. The lowest BCUT2D eigenvalue weighted by atomic mass is 10.1. The molecule has 6 heteroatoms. The number of hydrogen-bond acceptors (Lipinski definition) is 1. The average molecular weight is 294 g/mol. The highest BCUT2D eigenvalue weighted by Gasteiger charge is 2.33. The van der Waals surface area contributed by atoms with E-state index >= 15 is 0 Å². The maximum atomic E-state index is 12.7. The van der Waals surface area contributed by atoms with Crippen LogP contribution in [0.1, 0.15) is 18.1 Å². The van der Waals surface area contributed by atoms with E-state index in [4.69, 9.17) is 16.0 Å². The van der Waals surface area contributed by atoms with Crippen LogP contribution in [0, 0.1) is 0 Å². The summed E-state index contributed by atoms with van der Waals surface area (Å²) in [6.45, 7) is 5.55. The van der Waals surface area contributed by atoms with Crippen LogP contribution < -0.4 is 0 Å². The van der Waals surface area contributed by atoms with E-state index in [1.165, 1.54) is 12.1 Å². The molecule has 0 spiro atoms. The van der Waals surface area contributed by atoms with Crippen molar-refractivity contribution in [1.82, 2.24) is 0 Å². The second-order valence-electron chi connectivity index (χ2n) is 3.86. The highest BCUT2D eigenvalue weighted by atomic mass is 35.5. The Morgan fingerprint density at radius 2 is 1.94 bits per heavy atom. The Bertz CT molecular complexity index is 455. The van der Waals surface area contributed by atoms with Crippen LogP contribution in [0.3, 0.4) is 0 Å². The van der Waals surface area contributed by atoms with Gasteiger partial charge in [0.1, 0.15) is 5.76 Å². The second-order valence-corrected chi connectivity index (χ2v) is 6.28. The minimum atomic E-state index is -4.46. The summed E-state index contributed by atoms with van der Waals surface area (Å²) >= 11 is 5.56. The molecule has 0 atom stereocenters. The maximum absolute atomic E-state index is 12.7. The van der Waals surface area contributed by atoms with E-state index in [-0.39, 0.29) is 5.02 Å². The molecule has 0 unspecified atom stereocenters. The number of alkyl halides is 3. The van der Waals surface area contributed by atoms with E-state index < -0.39 is 20.8 Å². The number of allylic oxidation sites excluding steroid dienone is 1. The molecule has 99 valence electrons. The van der Waals surface area contributed by atoms with Gasteiger partial charge in [-0.15, -0.1) is 0 Å². The van der Waals surface area contributed by atoms with Gasteiger partial charge in [0.05, 0.1) is 10.6 Å². The Balaban J connectivity index is 3.19. The van der Waals surface area contributed by atoms with Crippen LogP contribution in [0.2, 0.25) is 18.1 Å². The molecule has 0 aromatic heterocycles. The third-order valence-corrected chi connectivity index (χ3v) is 3.09. The lowest BCUT2D eigenvalue weighted by Gasteiger charge is -2.15. The first-order valence-electron chi connectivity index (χ1n) is 5.27. The van der Waals surface area contributed by atoms with Crippen LogP contribution in [0.5, 0.6) is 0 Å². The Hall–Kier alpha value is -0.943. The Kier molecular flexibility index (Phi) is 4.87. The molecule has 0 saturated carbocycles. The van der Waals surface area contributed by atoms with Gasteiger partial charge in [0, 0.05) is 5.56 Å². The highest BCUT2D eigenvalue weighted by molar-refractivity contribution is 6.49. The molecule has 1 nitrogen and oxygen atoms in total. The fraction of sp³-hybridized carbons (Fsp3) is 0.333. The fourth-order valence-electron chi connectivity index (χ4n) is 1.40. The standard InChI is InChI=1S/C12H13ClF3OSi/c1-4-11(17-18(2)3)8-5-6-10(13)9(7-8)12(14,15)16/h4-7H,1-3H3. The molecule has 0 bridgehead atoms. The van der Waals surface area contributed by atoms with Crippen molar-refractivity contribution >= 4 is 26.4 Å². The molecule has 0 fully saturated rings. The molecule has 0 aliphatic carbocycles. The van der Waals surface area contributed by atoms with Crippen molar-refractivity contribution in [3.05, 3.63) is 40.4 Å². The van der Waals surface area contributed by atoms with Crippen LogP contribution in [-0.4, -0.2) is 9.04 Å². The Labute approximate surface area is 111 Å². The van der Waals surface area contributed by atoms with Gasteiger partial charge in [-0.1, -0.05) is 11.6 Å². The summed E-state index contributed by atoms with van der Waals surface area (Å²) in [4.78, 5) is 0. The number of hydrogen-bond donors (Lipinski definition) is 0. The van der Waals surface area contributed by atoms with Gasteiger partial charge in [-0.05, 0) is 44.3 Å². The summed E-state index contributed by atoms with van der Waals surface area (Å²) in [5.41, 5.74) is -0.453. The van der Waals surface area contributed by atoms with Crippen molar-refractivity contribution in [3.63, 3.8) is 0 Å². The molecule has 0 saturated heterocycles. The van der Waals surface area contributed by atoms with E-state index in [0.717, 1.165) is 6.07 Å². The van der Waals surface area contributed by atoms with Gasteiger partial charge >= 0.3 is 6.18 Å². The average Bonchev–Trinajstić information content (AvgIpc) is 2.25. The van der Waals surface area contributed by atoms with Crippen molar-refractivity contribution in [2.24, 2.45) is 0 Å². The molecular formula is C12H13ClF3OSi. The predicted octanol–water partition coefficient (Wildman–Crippen LogP) is 4.99. The SMILES string of the molecule is CC=C(O[Si](C)C)c1ccc(Cl)c(C(F)(F)F)c1. The van der Waals surface area contributed by atoms with Crippen LogP contribution in [-0.2, 0) is 10.6 Å². The minimum absolute atomic E-state index is 0.305. The molecule has 0 amide bonds. The molecule has 1 radical (unpaired) electrons. The Morgan fingerprint density at radius 1 is 1.33 bits per heavy atom. The van der Waals surface area contributed by atoms with Crippen LogP contribution in [0.25, 0.3) is 5.76 Å². The van der Waals surface area contributed by atoms with Gasteiger partial charge in [0.2, 0.25) is 0 Å². The smallest absolute Gasteiger partial charge is 0.417 e. The van der Waals surface area contributed by atoms with Gasteiger partial charge in [0.15, 0.2) is 0 Å². The van der Waals surface area contributed by atoms with Gasteiger partial charge < -0.3 is 4.43 Å². The lowest BCUT2D eigenvalue weighted by Crippen LogP contribution is -2.09. The molecule has 1 aromatic carbocycles. The fourth-order valence-corrected chi connectivity index (χ4v) is 2.30. The van der Waals surface area contributed by atoms with Crippen LogP contribution in [0.4, 0.5) is 13.2 Å². The third kappa shape index (κ3) is 3.78. The number of rotatable bonds is 3. The first kappa shape index (κ1) is 15.1. The normalized spacial score (nSPS) is 13.0. The van der Waals surface area contributed by atoms with E-state index in [1.807, 2.05) is 13.1 Å². The van der Waals surface area contributed by atoms with Gasteiger partial charge in [-0.25, -0.2) is 0 Å².